The average Bonchev–Trinajstić information content (AvgIpc) is 2.78. The first-order valence-electron chi connectivity index (χ1n) is 10.5. The van der Waals surface area contributed by atoms with Gasteiger partial charge in [-0.05, 0) is 24.8 Å². The molecular weight excluding hydrogens is 452 g/mol. The van der Waals surface area contributed by atoms with Crippen molar-refractivity contribution in [3.63, 3.8) is 0 Å². The van der Waals surface area contributed by atoms with Crippen molar-refractivity contribution in [2.24, 2.45) is 0 Å². The van der Waals surface area contributed by atoms with E-state index in [2.05, 4.69) is 10.6 Å². The van der Waals surface area contributed by atoms with Gasteiger partial charge in [-0.1, -0.05) is 30.3 Å². The van der Waals surface area contributed by atoms with Gasteiger partial charge in [-0.2, -0.15) is 0 Å². The summed E-state index contributed by atoms with van der Waals surface area (Å²) in [6.45, 7) is 0.105. The third-order valence-electron chi connectivity index (χ3n) is 4.60. The highest BCUT2D eigenvalue weighted by molar-refractivity contribution is 5.86. The monoisotopic (exact) mass is 480 g/mol. The molecule has 2 amide bonds. The van der Waals surface area contributed by atoms with Crippen molar-refractivity contribution in [2.45, 2.75) is 63.6 Å². The van der Waals surface area contributed by atoms with Gasteiger partial charge in [0.2, 0.25) is 11.8 Å². The third-order valence-corrected chi connectivity index (χ3v) is 4.60. The molecule has 0 aliphatic carbocycles. The van der Waals surface area contributed by atoms with Crippen LogP contribution in [0.4, 0.5) is 0 Å². The van der Waals surface area contributed by atoms with E-state index >= 15 is 0 Å². The Kier molecular flexibility index (Phi) is 12.4. The minimum Gasteiger partial charge on any atom is -0.481 e. The number of ether oxygens (including phenoxy) is 1. The van der Waals surface area contributed by atoms with Crippen LogP contribution >= 0.6 is 0 Å². The Balaban J connectivity index is 2.37. The second kappa shape index (κ2) is 15.0. The first-order chi connectivity index (χ1) is 16.1. The maximum absolute atomic E-state index is 12.0. The molecule has 0 radical (unpaired) electrons. The number of carbonyl (C=O) groups is 6. The highest BCUT2D eigenvalue weighted by Gasteiger charge is 2.24. The second-order valence-electron chi connectivity index (χ2n) is 7.39. The van der Waals surface area contributed by atoms with E-state index in [9.17, 15) is 33.9 Å². The SMILES string of the molecule is O=C(O)CCC(NC(=O)CCC(NC(=O)CCCC(=O)OCc1ccccc1)C(=O)O)C(=O)O. The lowest BCUT2D eigenvalue weighted by Crippen LogP contribution is -2.44. The minimum atomic E-state index is -1.43. The number of aliphatic carboxylic acids is 3. The Morgan fingerprint density at radius 1 is 0.735 bits per heavy atom. The molecule has 2 atom stereocenters. The summed E-state index contributed by atoms with van der Waals surface area (Å²) in [7, 11) is 0. The van der Waals surface area contributed by atoms with Crippen LogP contribution in [0.25, 0.3) is 0 Å². The lowest BCUT2D eigenvalue weighted by Gasteiger charge is -2.16. The fourth-order valence-corrected chi connectivity index (χ4v) is 2.79. The number of rotatable bonds is 16. The number of hydrogen-bond acceptors (Lipinski definition) is 7. The number of esters is 1. The fraction of sp³-hybridized carbons (Fsp3) is 0.455. The van der Waals surface area contributed by atoms with Crippen LogP contribution in [-0.2, 0) is 40.1 Å². The summed E-state index contributed by atoms with van der Waals surface area (Å²) in [5.74, 6) is -5.95. The van der Waals surface area contributed by atoms with E-state index < -0.39 is 60.6 Å². The quantitative estimate of drug-likeness (QED) is 0.210. The normalized spacial score (nSPS) is 12.1. The topological polar surface area (TPSA) is 196 Å². The van der Waals surface area contributed by atoms with Crippen molar-refractivity contribution >= 4 is 35.7 Å². The van der Waals surface area contributed by atoms with Crippen LogP contribution in [0.1, 0.15) is 50.5 Å². The average molecular weight is 480 g/mol. The van der Waals surface area contributed by atoms with E-state index in [1.807, 2.05) is 6.07 Å². The zero-order chi connectivity index (χ0) is 25.5. The summed E-state index contributed by atoms with van der Waals surface area (Å²) in [6.07, 6.45) is -1.54. The van der Waals surface area contributed by atoms with E-state index in [0.717, 1.165) is 5.56 Å². The summed E-state index contributed by atoms with van der Waals surface area (Å²) < 4.78 is 5.09. The first-order valence-corrected chi connectivity index (χ1v) is 10.5. The predicted octanol–water partition coefficient (Wildman–Crippen LogP) is 0.684. The molecule has 0 saturated heterocycles. The van der Waals surface area contributed by atoms with Crippen LogP contribution in [0.3, 0.4) is 0 Å². The van der Waals surface area contributed by atoms with Gasteiger partial charge in [0.25, 0.3) is 0 Å². The Hall–Kier alpha value is -3.96. The molecule has 0 spiro atoms. The highest BCUT2D eigenvalue weighted by Crippen LogP contribution is 2.06. The zero-order valence-electron chi connectivity index (χ0n) is 18.4. The van der Waals surface area contributed by atoms with Gasteiger partial charge in [-0.15, -0.1) is 0 Å². The molecule has 0 aliphatic rings. The Labute approximate surface area is 195 Å². The largest absolute Gasteiger partial charge is 0.481 e. The molecule has 34 heavy (non-hydrogen) atoms. The summed E-state index contributed by atoms with van der Waals surface area (Å²) in [5, 5.41) is 31.3. The summed E-state index contributed by atoms with van der Waals surface area (Å²) in [4.78, 5) is 68.8. The van der Waals surface area contributed by atoms with Crippen molar-refractivity contribution in [1.82, 2.24) is 10.6 Å². The summed E-state index contributed by atoms with van der Waals surface area (Å²) in [5.41, 5.74) is 0.818. The number of hydrogen-bond donors (Lipinski definition) is 5. The lowest BCUT2D eigenvalue weighted by atomic mass is 10.1. The van der Waals surface area contributed by atoms with Crippen LogP contribution in [0, 0.1) is 0 Å². The van der Waals surface area contributed by atoms with Crippen LogP contribution in [0.5, 0.6) is 0 Å². The molecule has 1 aromatic rings. The van der Waals surface area contributed by atoms with E-state index in [4.69, 9.17) is 14.9 Å². The van der Waals surface area contributed by atoms with E-state index in [0.29, 0.717) is 0 Å². The molecule has 1 aromatic carbocycles. The van der Waals surface area contributed by atoms with E-state index in [1.165, 1.54) is 0 Å². The standard InChI is InChI=1S/C22H28N2O10/c25-17(7-4-8-20(29)34-13-14-5-2-1-3-6-14)23-15(21(30)31)9-11-18(26)24-16(22(32)33)10-12-19(27)28/h1-3,5-6,15-16H,4,7-13H2,(H,23,25)(H,24,26)(H,27,28)(H,30,31)(H,32,33). The zero-order valence-corrected chi connectivity index (χ0v) is 18.4. The number of benzene rings is 1. The maximum Gasteiger partial charge on any atom is 0.326 e. The molecule has 0 heterocycles. The highest BCUT2D eigenvalue weighted by atomic mass is 16.5. The number of carboxylic acids is 3. The Morgan fingerprint density at radius 3 is 1.79 bits per heavy atom. The maximum atomic E-state index is 12.0. The van der Waals surface area contributed by atoms with Gasteiger partial charge >= 0.3 is 23.9 Å². The van der Waals surface area contributed by atoms with Gasteiger partial charge in [-0.25, -0.2) is 9.59 Å². The minimum absolute atomic E-state index is 0.0344. The van der Waals surface area contributed by atoms with Crippen molar-refractivity contribution in [1.29, 1.82) is 0 Å². The van der Waals surface area contributed by atoms with Crippen LogP contribution in [0.2, 0.25) is 0 Å². The molecule has 0 aromatic heterocycles. The van der Waals surface area contributed by atoms with Crippen molar-refractivity contribution in [3.8, 4) is 0 Å². The smallest absolute Gasteiger partial charge is 0.326 e. The summed E-state index contributed by atoms with van der Waals surface area (Å²) in [6, 6.07) is 6.21. The number of carboxylic acid groups (broad SMARTS) is 3. The number of amides is 2. The third kappa shape index (κ3) is 12.2. The number of nitrogens with one attached hydrogen (secondary N) is 2. The molecule has 0 bridgehead atoms. The van der Waals surface area contributed by atoms with E-state index in [-0.39, 0.29) is 38.7 Å². The van der Waals surface area contributed by atoms with Gasteiger partial charge in [-0.3, -0.25) is 19.2 Å². The molecule has 5 N–H and O–H groups in total. The van der Waals surface area contributed by atoms with Gasteiger partial charge in [0.05, 0.1) is 0 Å². The van der Waals surface area contributed by atoms with Crippen molar-refractivity contribution in [3.05, 3.63) is 35.9 Å². The molecule has 0 aliphatic heterocycles. The molecule has 12 heteroatoms. The van der Waals surface area contributed by atoms with Gasteiger partial charge < -0.3 is 30.7 Å². The van der Waals surface area contributed by atoms with E-state index in [1.54, 1.807) is 24.3 Å². The molecule has 2 unspecified atom stereocenters. The Morgan fingerprint density at radius 2 is 1.26 bits per heavy atom. The molecule has 186 valence electrons. The van der Waals surface area contributed by atoms with Crippen LogP contribution in [-0.4, -0.2) is 63.1 Å². The Bertz CT molecular complexity index is 872. The van der Waals surface area contributed by atoms with Gasteiger partial charge in [0, 0.05) is 25.7 Å². The fourth-order valence-electron chi connectivity index (χ4n) is 2.79. The first kappa shape index (κ1) is 28.1. The van der Waals surface area contributed by atoms with Crippen LogP contribution in [0.15, 0.2) is 30.3 Å². The second-order valence-corrected chi connectivity index (χ2v) is 7.39. The van der Waals surface area contributed by atoms with Crippen molar-refractivity contribution in [2.75, 3.05) is 0 Å². The lowest BCUT2D eigenvalue weighted by molar-refractivity contribution is -0.145. The van der Waals surface area contributed by atoms with Gasteiger partial charge in [0.1, 0.15) is 18.7 Å². The van der Waals surface area contributed by atoms with Gasteiger partial charge in [0.15, 0.2) is 0 Å². The molecule has 0 fully saturated rings. The number of carbonyl (C=O) groups excluding carboxylic acids is 3. The molecule has 0 saturated carbocycles. The summed E-state index contributed by atoms with van der Waals surface area (Å²) >= 11 is 0. The van der Waals surface area contributed by atoms with Crippen molar-refractivity contribution < 1.29 is 48.8 Å². The predicted molar refractivity (Wildman–Crippen MR) is 115 cm³/mol. The van der Waals surface area contributed by atoms with Crippen LogP contribution < -0.4 is 10.6 Å². The molecular formula is C22H28N2O10. The molecule has 12 nitrogen and oxygen atoms in total. The molecule has 1 rings (SSSR count).